The average Bonchev–Trinajstić information content (AvgIpc) is 2.66. The highest BCUT2D eigenvalue weighted by Crippen LogP contribution is 2.18. The Morgan fingerprint density at radius 1 is 0.964 bits per heavy atom. The van der Waals surface area contributed by atoms with Crippen molar-refractivity contribution in [3.8, 4) is 0 Å². The Kier molecular flexibility index (Phi) is 5.84. The SMILES string of the molecule is Cc1ccc(CCNc2ccc(S(=O)(=O)Nc3ccc(F)c(F)c3)cn2)cn1. The number of aryl methyl sites for hydroxylation is 1. The minimum Gasteiger partial charge on any atom is -0.370 e. The van der Waals surface area contributed by atoms with Gasteiger partial charge in [0.15, 0.2) is 11.6 Å². The zero-order valence-corrected chi connectivity index (χ0v) is 15.8. The van der Waals surface area contributed by atoms with Crippen molar-refractivity contribution >= 4 is 21.5 Å². The van der Waals surface area contributed by atoms with E-state index in [2.05, 4.69) is 20.0 Å². The van der Waals surface area contributed by atoms with Crippen LogP contribution in [0.2, 0.25) is 0 Å². The maximum Gasteiger partial charge on any atom is 0.263 e. The second kappa shape index (κ2) is 8.30. The molecule has 0 saturated carbocycles. The minimum absolute atomic E-state index is 0.0761. The summed E-state index contributed by atoms with van der Waals surface area (Å²) in [5, 5.41) is 3.10. The minimum atomic E-state index is -3.96. The van der Waals surface area contributed by atoms with Crippen LogP contribution in [0.25, 0.3) is 0 Å². The van der Waals surface area contributed by atoms with Gasteiger partial charge in [0, 0.05) is 30.7 Å². The van der Waals surface area contributed by atoms with Gasteiger partial charge in [-0.05, 0) is 49.2 Å². The number of benzene rings is 1. The third kappa shape index (κ3) is 5.01. The molecule has 0 unspecified atom stereocenters. The van der Waals surface area contributed by atoms with Crippen LogP contribution in [-0.4, -0.2) is 24.9 Å². The van der Waals surface area contributed by atoms with E-state index in [-0.39, 0.29) is 10.6 Å². The summed E-state index contributed by atoms with van der Waals surface area (Å²) in [5.41, 5.74) is 1.95. The predicted molar refractivity (Wildman–Crippen MR) is 103 cm³/mol. The first-order chi connectivity index (χ1) is 13.3. The van der Waals surface area contributed by atoms with Crippen molar-refractivity contribution in [1.82, 2.24) is 9.97 Å². The smallest absolute Gasteiger partial charge is 0.263 e. The van der Waals surface area contributed by atoms with E-state index in [0.29, 0.717) is 12.4 Å². The van der Waals surface area contributed by atoms with Gasteiger partial charge in [-0.15, -0.1) is 0 Å². The van der Waals surface area contributed by atoms with Crippen LogP contribution in [0.3, 0.4) is 0 Å². The molecule has 9 heteroatoms. The van der Waals surface area contributed by atoms with Crippen LogP contribution in [0.4, 0.5) is 20.3 Å². The molecular formula is C19H18F2N4O2S. The average molecular weight is 404 g/mol. The van der Waals surface area contributed by atoms with E-state index in [9.17, 15) is 17.2 Å². The molecular weight excluding hydrogens is 386 g/mol. The van der Waals surface area contributed by atoms with Gasteiger partial charge >= 0.3 is 0 Å². The van der Waals surface area contributed by atoms with Gasteiger partial charge in [-0.3, -0.25) is 9.71 Å². The molecule has 0 atom stereocenters. The van der Waals surface area contributed by atoms with Crippen LogP contribution < -0.4 is 10.0 Å². The fourth-order valence-corrected chi connectivity index (χ4v) is 3.39. The molecule has 3 rings (SSSR count). The highest BCUT2D eigenvalue weighted by atomic mass is 32.2. The number of aromatic nitrogens is 2. The molecule has 0 saturated heterocycles. The summed E-state index contributed by atoms with van der Waals surface area (Å²) in [6.07, 6.45) is 3.74. The first kappa shape index (κ1) is 19.7. The van der Waals surface area contributed by atoms with E-state index < -0.39 is 21.7 Å². The normalized spacial score (nSPS) is 11.2. The zero-order valence-electron chi connectivity index (χ0n) is 15.0. The quantitative estimate of drug-likeness (QED) is 0.630. The molecule has 0 aliphatic rings. The lowest BCUT2D eigenvalue weighted by Gasteiger charge is -2.10. The van der Waals surface area contributed by atoms with Gasteiger partial charge in [0.1, 0.15) is 10.7 Å². The second-order valence-electron chi connectivity index (χ2n) is 6.10. The molecule has 0 fully saturated rings. The lowest BCUT2D eigenvalue weighted by atomic mass is 10.2. The molecule has 1 aromatic carbocycles. The van der Waals surface area contributed by atoms with Crippen LogP contribution >= 0.6 is 0 Å². The Morgan fingerprint density at radius 3 is 2.43 bits per heavy atom. The number of rotatable bonds is 7. The van der Waals surface area contributed by atoms with Crippen molar-refractivity contribution < 1.29 is 17.2 Å². The number of hydrogen-bond acceptors (Lipinski definition) is 5. The first-order valence-electron chi connectivity index (χ1n) is 8.43. The standard InChI is InChI=1S/C19H18F2N4O2S/c1-13-2-3-14(11-23-13)8-9-22-19-7-5-16(12-24-19)28(26,27)25-15-4-6-17(20)18(21)10-15/h2-7,10-12,25H,8-9H2,1H3,(H,22,24). The number of anilines is 2. The second-order valence-corrected chi connectivity index (χ2v) is 7.78. The summed E-state index contributed by atoms with van der Waals surface area (Å²) in [6.45, 7) is 2.53. The molecule has 146 valence electrons. The number of hydrogen-bond donors (Lipinski definition) is 2. The summed E-state index contributed by atoms with van der Waals surface area (Å²) in [5.74, 6) is -1.67. The van der Waals surface area contributed by atoms with Gasteiger partial charge in [0.05, 0.1) is 5.69 Å². The Hall–Kier alpha value is -3.07. The summed E-state index contributed by atoms with van der Waals surface area (Å²) >= 11 is 0. The van der Waals surface area contributed by atoms with E-state index in [1.54, 1.807) is 0 Å². The fourth-order valence-electron chi connectivity index (χ4n) is 2.40. The van der Waals surface area contributed by atoms with Crippen molar-refractivity contribution in [2.75, 3.05) is 16.6 Å². The molecule has 0 radical (unpaired) electrons. The van der Waals surface area contributed by atoms with Crippen molar-refractivity contribution in [3.63, 3.8) is 0 Å². The topological polar surface area (TPSA) is 84.0 Å². The summed E-state index contributed by atoms with van der Waals surface area (Å²) < 4.78 is 53.1. The fraction of sp³-hybridized carbons (Fsp3) is 0.158. The maximum atomic E-state index is 13.2. The largest absolute Gasteiger partial charge is 0.370 e. The molecule has 2 heterocycles. The van der Waals surface area contributed by atoms with E-state index in [1.165, 1.54) is 18.3 Å². The third-order valence-corrected chi connectivity index (χ3v) is 5.28. The lowest BCUT2D eigenvalue weighted by molar-refractivity contribution is 0.509. The molecule has 0 amide bonds. The molecule has 2 N–H and O–H groups in total. The van der Waals surface area contributed by atoms with E-state index >= 15 is 0 Å². The van der Waals surface area contributed by atoms with Crippen LogP contribution in [-0.2, 0) is 16.4 Å². The molecule has 6 nitrogen and oxygen atoms in total. The number of halogens is 2. The van der Waals surface area contributed by atoms with Crippen molar-refractivity contribution in [2.45, 2.75) is 18.2 Å². The summed E-state index contributed by atoms with van der Waals surface area (Å²) in [7, 11) is -3.96. The Bertz CT molecular complexity index is 1060. The Balaban J connectivity index is 1.60. The van der Waals surface area contributed by atoms with Gasteiger partial charge in [0.2, 0.25) is 0 Å². The molecule has 3 aromatic rings. The highest BCUT2D eigenvalue weighted by molar-refractivity contribution is 7.92. The van der Waals surface area contributed by atoms with E-state index in [1.807, 2.05) is 25.3 Å². The maximum absolute atomic E-state index is 13.2. The lowest BCUT2D eigenvalue weighted by Crippen LogP contribution is -2.14. The van der Waals surface area contributed by atoms with Crippen LogP contribution in [0.15, 0.2) is 59.8 Å². The molecule has 0 aliphatic heterocycles. The zero-order chi connectivity index (χ0) is 20.1. The third-order valence-electron chi connectivity index (χ3n) is 3.91. The molecule has 0 aliphatic carbocycles. The van der Waals surface area contributed by atoms with Gasteiger partial charge in [-0.25, -0.2) is 22.2 Å². The van der Waals surface area contributed by atoms with Gasteiger partial charge in [-0.1, -0.05) is 6.07 Å². The van der Waals surface area contributed by atoms with Crippen molar-refractivity contribution in [3.05, 3.63) is 77.8 Å². The summed E-state index contributed by atoms with van der Waals surface area (Å²) in [4.78, 5) is 8.22. The molecule has 2 aromatic heterocycles. The summed E-state index contributed by atoms with van der Waals surface area (Å²) in [6, 6.07) is 9.61. The monoisotopic (exact) mass is 404 g/mol. The number of pyridine rings is 2. The van der Waals surface area contributed by atoms with Crippen LogP contribution in [0.5, 0.6) is 0 Å². The van der Waals surface area contributed by atoms with Crippen LogP contribution in [0, 0.1) is 18.6 Å². The number of sulfonamides is 1. The van der Waals surface area contributed by atoms with Crippen LogP contribution in [0.1, 0.15) is 11.3 Å². The van der Waals surface area contributed by atoms with Gasteiger partial charge in [-0.2, -0.15) is 0 Å². The van der Waals surface area contributed by atoms with Gasteiger partial charge in [0.25, 0.3) is 10.0 Å². The van der Waals surface area contributed by atoms with Crippen molar-refractivity contribution in [2.24, 2.45) is 0 Å². The number of nitrogens with one attached hydrogen (secondary N) is 2. The highest BCUT2D eigenvalue weighted by Gasteiger charge is 2.16. The molecule has 28 heavy (non-hydrogen) atoms. The van der Waals surface area contributed by atoms with Crippen molar-refractivity contribution in [1.29, 1.82) is 0 Å². The van der Waals surface area contributed by atoms with Gasteiger partial charge < -0.3 is 5.32 Å². The first-order valence-corrected chi connectivity index (χ1v) is 9.91. The molecule has 0 bridgehead atoms. The molecule has 0 spiro atoms. The number of nitrogens with zero attached hydrogens (tertiary/aromatic N) is 2. The predicted octanol–water partition coefficient (Wildman–Crippen LogP) is 3.52. The Labute approximate surface area is 161 Å². The Morgan fingerprint density at radius 2 is 1.79 bits per heavy atom. The van der Waals surface area contributed by atoms with E-state index in [0.717, 1.165) is 35.9 Å². The van der Waals surface area contributed by atoms with E-state index in [4.69, 9.17) is 0 Å².